The first-order valence-electron chi connectivity index (χ1n) is 6.69. The normalized spacial score (nSPS) is 12.2. The molecule has 2 aromatic rings. The van der Waals surface area contributed by atoms with E-state index in [4.69, 9.17) is 4.74 Å². The van der Waals surface area contributed by atoms with Crippen molar-refractivity contribution < 1.29 is 9.13 Å². The molecule has 0 amide bonds. The molecule has 4 nitrogen and oxygen atoms in total. The highest BCUT2D eigenvalue weighted by molar-refractivity contribution is 9.10. The van der Waals surface area contributed by atoms with Gasteiger partial charge in [-0.1, -0.05) is 22.9 Å². The maximum Gasteiger partial charge on any atom is 0.233 e. The van der Waals surface area contributed by atoms with Gasteiger partial charge < -0.3 is 10.1 Å². The molecular weight excluding hydrogens is 337 g/mol. The molecule has 0 bridgehead atoms. The Morgan fingerprint density at radius 2 is 2.10 bits per heavy atom. The summed E-state index contributed by atoms with van der Waals surface area (Å²) in [6, 6.07) is 8.43. The number of rotatable bonds is 6. The van der Waals surface area contributed by atoms with E-state index in [2.05, 4.69) is 31.4 Å². The average molecular weight is 354 g/mol. The van der Waals surface area contributed by atoms with Crippen LogP contribution in [-0.4, -0.2) is 23.9 Å². The Bertz CT molecular complexity index is 592. The number of hydrogen-bond acceptors (Lipinski definition) is 4. The maximum atomic E-state index is 13.9. The second-order valence-electron chi connectivity index (χ2n) is 4.55. The van der Waals surface area contributed by atoms with E-state index in [9.17, 15) is 4.39 Å². The lowest BCUT2D eigenvalue weighted by atomic mass is 10.0. The van der Waals surface area contributed by atoms with Crippen LogP contribution in [0.5, 0.6) is 5.88 Å². The lowest BCUT2D eigenvalue weighted by Gasteiger charge is -2.17. The average Bonchev–Trinajstić information content (AvgIpc) is 2.50. The van der Waals surface area contributed by atoms with Crippen molar-refractivity contribution >= 4 is 15.9 Å². The first-order chi connectivity index (χ1) is 10.1. The molecule has 0 fully saturated rings. The van der Waals surface area contributed by atoms with Crippen LogP contribution in [0.2, 0.25) is 0 Å². The van der Waals surface area contributed by atoms with Crippen LogP contribution in [0.25, 0.3) is 0 Å². The number of benzene rings is 1. The van der Waals surface area contributed by atoms with Gasteiger partial charge in [-0.3, -0.25) is 0 Å². The third-order valence-corrected chi connectivity index (χ3v) is 3.60. The lowest BCUT2D eigenvalue weighted by Crippen LogP contribution is -2.24. The van der Waals surface area contributed by atoms with Crippen LogP contribution < -0.4 is 10.1 Å². The Kier molecular flexibility index (Phi) is 5.64. The van der Waals surface area contributed by atoms with E-state index in [0.717, 1.165) is 16.7 Å². The van der Waals surface area contributed by atoms with E-state index < -0.39 is 0 Å². The van der Waals surface area contributed by atoms with Crippen molar-refractivity contribution in [2.45, 2.75) is 19.4 Å². The van der Waals surface area contributed by atoms with Gasteiger partial charge in [0.15, 0.2) is 0 Å². The van der Waals surface area contributed by atoms with Crippen LogP contribution in [0.3, 0.4) is 0 Å². The van der Waals surface area contributed by atoms with Gasteiger partial charge in [-0.05, 0) is 42.8 Å². The second kappa shape index (κ2) is 7.47. The first-order valence-corrected chi connectivity index (χ1v) is 7.48. The van der Waals surface area contributed by atoms with Gasteiger partial charge in [0.05, 0.1) is 18.8 Å². The smallest absolute Gasteiger partial charge is 0.233 e. The SMILES string of the molecule is CCNC(Cc1cc(Br)ccc1F)c1ccc(OC)nn1. The number of hydrogen-bond donors (Lipinski definition) is 1. The van der Waals surface area contributed by atoms with Crippen LogP contribution in [0.1, 0.15) is 24.2 Å². The predicted octanol–water partition coefficient (Wildman–Crippen LogP) is 3.28. The Balaban J connectivity index is 2.23. The predicted molar refractivity (Wildman–Crippen MR) is 82.8 cm³/mol. The van der Waals surface area contributed by atoms with Crippen LogP contribution in [0, 0.1) is 5.82 Å². The molecule has 1 aromatic carbocycles. The molecule has 0 aliphatic rings. The third kappa shape index (κ3) is 4.22. The van der Waals surface area contributed by atoms with Gasteiger partial charge in [-0.25, -0.2) is 4.39 Å². The van der Waals surface area contributed by atoms with Crippen molar-refractivity contribution in [3.8, 4) is 5.88 Å². The highest BCUT2D eigenvalue weighted by Gasteiger charge is 2.16. The summed E-state index contributed by atoms with van der Waals surface area (Å²) < 4.78 is 19.8. The van der Waals surface area contributed by atoms with E-state index in [-0.39, 0.29) is 11.9 Å². The first kappa shape index (κ1) is 15.9. The summed E-state index contributed by atoms with van der Waals surface area (Å²) in [5.41, 5.74) is 1.39. The van der Waals surface area contributed by atoms with Crippen LogP contribution in [0.15, 0.2) is 34.8 Å². The Morgan fingerprint density at radius 1 is 1.29 bits per heavy atom. The molecule has 1 heterocycles. The maximum absolute atomic E-state index is 13.9. The minimum atomic E-state index is -0.220. The molecule has 112 valence electrons. The van der Waals surface area contributed by atoms with E-state index in [0.29, 0.717) is 17.9 Å². The van der Waals surface area contributed by atoms with E-state index in [1.165, 1.54) is 6.07 Å². The molecule has 0 saturated carbocycles. The van der Waals surface area contributed by atoms with Gasteiger partial charge in [0, 0.05) is 10.5 Å². The molecule has 0 radical (unpaired) electrons. The van der Waals surface area contributed by atoms with E-state index >= 15 is 0 Å². The monoisotopic (exact) mass is 353 g/mol. The fourth-order valence-corrected chi connectivity index (χ4v) is 2.48. The number of nitrogens with zero attached hydrogens (tertiary/aromatic N) is 2. The number of nitrogens with one attached hydrogen (secondary N) is 1. The lowest BCUT2D eigenvalue weighted by molar-refractivity contribution is 0.389. The highest BCUT2D eigenvalue weighted by atomic mass is 79.9. The van der Waals surface area contributed by atoms with E-state index in [1.54, 1.807) is 25.3 Å². The number of likely N-dealkylation sites (N-methyl/N-ethyl adjacent to an activating group) is 1. The van der Waals surface area contributed by atoms with Gasteiger partial charge in [-0.15, -0.1) is 5.10 Å². The van der Waals surface area contributed by atoms with Crippen LogP contribution in [-0.2, 0) is 6.42 Å². The molecular formula is C15H17BrFN3O. The molecule has 6 heteroatoms. The summed E-state index contributed by atoms with van der Waals surface area (Å²) in [6.07, 6.45) is 0.500. The zero-order valence-electron chi connectivity index (χ0n) is 11.9. The van der Waals surface area contributed by atoms with Crippen LogP contribution in [0.4, 0.5) is 4.39 Å². The molecule has 1 aromatic heterocycles. The Labute approximate surface area is 131 Å². The van der Waals surface area contributed by atoms with Gasteiger partial charge >= 0.3 is 0 Å². The van der Waals surface area contributed by atoms with Crippen molar-refractivity contribution in [3.63, 3.8) is 0 Å². The minimum Gasteiger partial charge on any atom is -0.480 e. The van der Waals surface area contributed by atoms with Crippen molar-refractivity contribution in [1.29, 1.82) is 0 Å². The third-order valence-electron chi connectivity index (χ3n) is 3.11. The summed E-state index contributed by atoms with van der Waals surface area (Å²) in [4.78, 5) is 0. The van der Waals surface area contributed by atoms with Crippen molar-refractivity contribution in [2.75, 3.05) is 13.7 Å². The summed E-state index contributed by atoms with van der Waals surface area (Å²) in [7, 11) is 1.54. The fourth-order valence-electron chi connectivity index (χ4n) is 2.07. The second-order valence-corrected chi connectivity index (χ2v) is 5.47. The summed E-state index contributed by atoms with van der Waals surface area (Å²) in [6.45, 7) is 2.76. The quantitative estimate of drug-likeness (QED) is 0.865. The molecule has 21 heavy (non-hydrogen) atoms. The van der Waals surface area contributed by atoms with Crippen molar-refractivity contribution in [3.05, 3.63) is 51.9 Å². The summed E-state index contributed by atoms with van der Waals surface area (Å²) >= 11 is 3.37. The number of ether oxygens (including phenoxy) is 1. The number of aromatic nitrogens is 2. The topological polar surface area (TPSA) is 47.0 Å². The molecule has 1 unspecified atom stereocenters. The van der Waals surface area contributed by atoms with Gasteiger partial charge in [0.25, 0.3) is 0 Å². The Hall–Kier alpha value is -1.53. The molecule has 0 aliphatic heterocycles. The minimum absolute atomic E-state index is 0.0998. The highest BCUT2D eigenvalue weighted by Crippen LogP contribution is 2.22. The zero-order valence-corrected chi connectivity index (χ0v) is 13.5. The molecule has 1 N–H and O–H groups in total. The van der Waals surface area contributed by atoms with E-state index in [1.807, 2.05) is 13.0 Å². The zero-order chi connectivity index (χ0) is 15.2. The summed E-state index contributed by atoms with van der Waals surface area (Å²) in [5.74, 6) is 0.241. The van der Waals surface area contributed by atoms with Crippen molar-refractivity contribution in [2.24, 2.45) is 0 Å². The fraction of sp³-hybridized carbons (Fsp3) is 0.333. The summed E-state index contributed by atoms with van der Waals surface area (Å²) in [5, 5.41) is 11.4. The molecule has 0 aliphatic carbocycles. The largest absolute Gasteiger partial charge is 0.480 e. The molecule has 0 spiro atoms. The van der Waals surface area contributed by atoms with Gasteiger partial charge in [0.2, 0.25) is 5.88 Å². The van der Waals surface area contributed by atoms with Crippen LogP contribution >= 0.6 is 15.9 Å². The molecule has 2 rings (SSSR count). The molecule has 0 saturated heterocycles. The van der Waals surface area contributed by atoms with Gasteiger partial charge in [-0.2, -0.15) is 5.10 Å². The number of methoxy groups -OCH3 is 1. The molecule has 1 atom stereocenters. The standard InChI is InChI=1S/C15H17BrFN3O/c1-3-18-14(13-6-7-15(21-2)20-19-13)9-10-8-11(16)4-5-12(10)17/h4-8,14,18H,3,9H2,1-2H3. The van der Waals surface area contributed by atoms with Gasteiger partial charge in [0.1, 0.15) is 5.82 Å². The number of halogens is 2. The Morgan fingerprint density at radius 3 is 2.71 bits per heavy atom. The van der Waals surface area contributed by atoms with Crippen molar-refractivity contribution in [1.82, 2.24) is 15.5 Å².